The highest BCUT2D eigenvalue weighted by Gasteiger charge is 2.21. The van der Waals surface area contributed by atoms with E-state index < -0.39 is 6.33 Å². The van der Waals surface area contributed by atoms with Gasteiger partial charge >= 0.3 is 0 Å². The zero-order valence-corrected chi connectivity index (χ0v) is 18.4. The maximum absolute atomic E-state index is 5.66. The molecule has 0 fully saturated rings. The molecule has 0 heterocycles. The van der Waals surface area contributed by atoms with Crippen molar-refractivity contribution in [1.29, 1.82) is 0 Å². The Bertz CT molecular complexity index is 464. The zero-order chi connectivity index (χ0) is 17.2. The lowest BCUT2D eigenvalue weighted by Crippen LogP contribution is -2.27. The highest BCUT2D eigenvalue weighted by Crippen LogP contribution is 2.61. The Hall–Kier alpha value is 0.130. The first-order valence-corrected chi connectivity index (χ1v) is 12.9. The average Bonchev–Trinajstić information content (AvgIpc) is 2.57. The standard InChI is InChI=1S/C16H25N2PS4/c1-5-17(6-2)15(20)22-19(14-12-10-9-11-13-14)23-16(21)18(7-3)8-4/h9-13H,5-8H2,1-4H3. The molecule has 128 valence electrons. The van der Waals surface area contributed by atoms with E-state index in [4.69, 9.17) is 24.4 Å². The van der Waals surface area contributed by atoms with E-state index in [0.29, 0.717) is 0 Å². The molecule has 0 bridgehead atoms. The molecule has 0 saturated carbocycles. The molecule has 0 radical (unpaired) electrons. The van der Waals surface area contributed by atoms with E-state index in [2.05, 4.69) is 67.8 Å². The molecular formula is C16H25N2PS4. The van der Waals surface area contributed by atoms with E-state index in [-0.39, 0.29) is 0 Å². The Morgan fingerprint density at radius 3 is 1.57 bits per heavy atom. The van der Waals surface area contributed by atoms with Gasteiger partial charge in [-0.15, -0.1) is 0 Å². The minimum atomic E-state index is -0.555. The molecule has 7 heteroatoms. The van der Waals surface area contributed by atoms with Gasteiger partial charge in [-0.1, -0.05) is 77.5 Å². The molecule has 0 unspecified atom stereocenters. The Morgan fingerprint density at radius 1 is 0.826 bits per heavy atom. The Morgan fingerprint density at radius 2 is 1.22 bits per heavy atom. The minimum absolute atomic E-state index is 0.555. The van der Waals surface area contributed by atoms with Crippen LogP contribution in [0.5, 0.6) is 0 Å². The first-order chi connectivity index (χ1) is 11.1. The lowest BCUT2D eigenvalue weighted by molar-refractivity contribution is 0.482. The fourth-order valence-corrected chi connectivity index (χ4v) is 10.9. The largest absolute Gasteiger partial charge is 0.358 e. The monoisotopic (exact) mass is 404 g/mol. The van der Waals surface area contributed by atoms with Crippen LogP contribution in [0.15, 0.2) is 30.3 Å². The van der Waals surface area contributed by atoms with Gasteiger partial charge in [0.05, 0.1) is 6.33 Å². The van der Waals surface area contributed by atoms with Crippen LogP contribution < -0.4 is 5.30 Å². The second-order valence-corrected chi connectivity index (χ2v) is 12.1. The molecule has 0 N–H and O–H groups in total. The summed E-state index contributed by atoms with van der Waals surface area (Å²) in [6, 6.07) is 10.6. The molecular weight excluding hydrogens is 379 g/mol. The number of nitrogens with zero attached hydrogens (tertiary/aromatic N) is 2. The maximum Gasteiger partial charge on any atom is 0.141 e. The van der Waals surface area contributed by atoms with Crippen molar-refractivity contribution in [3.05, 3.63) is 30.3 Å². The summed E-state index contributed by atoms with van der Waals surface area (Å²) < 4.78 is 1.94. The quantitative estimate of drug-likeness (QED) is 0.444. The normalized spacial score (nSPS) is 10.7. The third kappa shape index (κ3) is 6.87. The summed E-state index contributed by atoms with van der Waals surface area (Å²) in [6.45, 7) is 12.4. The van der Waals surface area contributed by atoms with Gasteiger partial charge in [0.2, 0.25) is 0 Å². The summed E-state index contributed by atoms with van der Waals surface area (Å²) in [5.74, 6) is 0. The number of hydrogen-bond acceptors (Lipinski definition) is 4. The molecule has 0 spiro atoms. The molecule has 0 aliphatic heterocycles. The first-order valence-electron chi connectivity index (χ1n) is 7.86. The Labute approximate surface area is 161 Å². The van der Waals surface area contributed by atoms with Gasteiger partial charge in [-0.2, -0.15) is 0 Å². The highest BCUT2D eigenvalue weighted by atomic mass is 33.1. The fourth-order valence-electron chi connectivity index (χ4n) is 1.89. The number of rotatable bonds is 7. The van der Waals surface area contributed by atoms with Crippen LogP contribution >= 0.6 is 53.5 Å². The van der Waals surface area contributed by atoms with E-state index in [0.717, 1.165) is 34.8 Å². The van der Waals surface area contributed by atoms with Crippen molar-refractivity contribution in [2.24, 2.45) is 0 Å². The van der Waals surface area contributed by atoms with Gasteiger partial charge in [0.25, 0.3) is 0 Å². The second kappa shape index (κ2) is 11.6. The van der Waals surface area contributed by atoms with Crippen LogP contribution in [0.1, 0.15) is 27.7 Å². The summed E-state index contributed by atoms with van der Waals surface area (Å²) in [5, 5.41) is 1.32. The number of hydrogen-bond donors (Lipinski definition) is 0. The molecule has 0 atom stereocenters. The van der Waals surface area contributed by atoms with Crippen molar-refractivity contribution >= 4 is 67.5 Å². The van der Waals surface area contributed by atoms with E-state index in [1.807, 2.05) is 0 Å². The van der Waals surface area contributed by atoms with Crippen LogP contribution in [-0.2, 0) is 0 Å². The summed E-state index contributed by atoms with van der Waals surface area (Å²) in [7, 11) is 0. The molecule has 2 nitrogen and oxygen atoms in total. The lowest BCUT2D eigenvalue weighted by atomic mass is 10.4. The van der Waals surface area contributed by atoms with Crippen molar-refractivity contribution in [1.82, 2.24) is 9.80 Å². The average molecular weight is 405 g/mol. The molecule has 23 heavy (non-hydrogen) atoms. The van der Waals surface area contributed by atoms with Gasteiger partial charge in [0, 0.05) is 26.2 Å². The number of thiocarbonyl (C=S) groups is 2. The summed E-state index contributed by atoms with van der Waals surface area (Å²) in [5.41, 5.74) is 0. The maximum atomic E-state index is 5.66. The van der Waals surface area contributed by atoms with E-state index in [1.165, 1.54) is 5.30 Å². The third-order valence-electron chi connectivity index (χ3n) is 3.33. The summed E-state index contributed by atoms with van der Waals surface area (Å²) in [6.07, 6.45) is -0.555. The van der Waals surface area contributed by atoms with Crippen molar-refractivity contribution < 1.29 is 0 Å². The Kier molecular flexibility index (Phi) is 10.7. The van der Waals surface area contributed by atoms with Gasteiger partial charge in [-0.05, 0) is 33.0 Å². The van der Waals surface area contributed by atoms with Gasteiger partial charge in [0.15, 0.2) is 0 Å². The predicted molar refractivity (Wildman–Crippen MR) is 119 cm³/mol. The third-order valence-corrected chi connectivity index (χ3v) is 11.6. The van der Waals surface area contributed by atoms with E-state index in [1.54, 1.807) is 22.8 Å². The molecule has 1 aromatic carbocycles. The minimum Gasteiger partial charge on any atom is -0.358 e. The number of benzene rings is 1. The SMILES string of the molecule is CCN(CC)C(=S)SP(SC(=S)N(CC)CC)c1ccccc1. The van der Waals surface area contributed by atoms with Crippen LogP contribution in [0.3, 0.4) is 0 Å². The molecule has 0 amide bonds. The van der Waals surface area contributed by atoms with Crippen LogP contribution in [-0.4, -0.2) is 44.6 Å². The molecule has 1 rings (SSSR count). The highest BCUT2D eigenvalue weighted by molar-refractivity contribution is 8.97. The van der Waals surface area contributed by atoms with Crippen LogP contribution in [0, 0.1) is 0 Å². The van der Waals surface area contributed by atoms with Gasteiger partial charge in [-0.3, -0.25) is 0 Å². The molecule has 1 aromatic rings. The molecule has 0 aromatic heterocycles. The van der Waals surface area contributed by atoms with Crippen molar-refractivity contribution in [3.63, 3.8) is 0 Å². The van der Waals surface area contributed by atoms with Gasteiger partial charge in [0.1, 0.15) is 8.64 Å². The van der Waals surface area contributed by atoms with Crippen LogP contribution in [0.2, 0.25) is 0 Å². The van der Waals surface area contributed by atoms with Crippen molar-refractivity contribution in [3.8, 4) is 0 Å². The summed E-state index contributed by atoms with van der Waals surface area (Å²) >= 11 is 14.9. The van der Waals surface area contributed by atoms with E-state index >= 15 is 0 Å². The van der Waals surface area contributed by atoms with Crippen LogP contribution in [0.25, 0.3) is 0 Å². The van der Waals surface area contributed by atoms with E-state index in [9.17, 15) is 0 Å². The molecule has 0 saturated heterocycles. The van der Waals surface area contributed by atoms with Crippen molar-refractivity contribution in [2.75, 3.05) is 26.2 Å². The van der Waals surface area contributed by atoms with Gasteiger partial charge < -0.3 is 9.80 Å². The Balaban J connectivity index is 2.90. The molecule has 0 aliphatic carbocycles. The predicted octanol–water partition coefficient (Wildman–Crippen LogP) is 5.34. The first kappa shape index (κ1) is 21.2. The topological polar surface area (TPSA) is 6.48 Å². The molecule has 0 aliphatic rings. The second-order valence-electron chi connectivity index (χ2n) is 4.65. The fraction of sp³-hybridized carbons (Fsp3) is 0.500. The zero-order valence-electron chi connectivity index (χ0n) is 14.2. The van der Waals surface area contributed by atoms with Crippen LogP contribution in [0.4, 0.5) is 0 Å². The smallest absolute Gasteiger partial charge is 0.141 e. The lowest BCUT2D eigenvalue weighted by Gasteiger charge is -2.27. The summed E-state index contributed by atoms with van der Waals surface area (Å²) in [4.78, 5) is 4.47. The van der Waals surface area contributed by atoms with Crippen molar-refractivity contribution in [2.45, 2.75) is 27.7 Å². The van der Waals surface area contributed by atoms with Gasteiger partial charge in [-0.25, -0.2) is 0 Å².